The van der Waals surface area contributed by atoms with Crippen molar-refractivity contribution in [1.82, 2.24) is 19.7 Å². The SMILES string of the molecule is CCOC(=O)c1ccc(NC(=O)C2CN(c3cc(-n4cccn4)ncn3)C2)cc1. The largest absolute Gasteiger partial charge is 0.462 e. The van der Waals surface area contributed by atoms with E-state index in [1.165, 1.54) is 6.33 Å². The average Bonchev–Trinajstić information content (AvgIpc) is 3.23. The molecule has 2 aromatic heterocycles. The van der Waals surface area contributed by atoms with Gasteiger partial charge in [0.15, 0.2) is 5.82 Å². The maximum absolute atomic E-state index is 12.5. The van der Waals surface area contributed by atoms with E-state index in [1.807, 2.05) is 23.2 Å². The van der Waals surface area contributed by atoms with Gasteiger partial charge in [0, 0.05) is 37.2 Å². The second kappa shape index (κ2) is 8.09. The van der Waals surface area contributed by atoms with Crippen LogP contribution < -0.4 is 10.2 Å². The Morgan fingerprint density at radius 1 is 1.17 bits per heavy atom. The molecule has 1 aromatic carbocycles. The topological polar surface area (TPSA) is 102 Å². The number of amides is 1. The molecule has 29 heavy (non-hydrogen) atoms. The lowest BCUT2D eigenvalue weighted by atomic mass is 9.99. The normalized spacial score (nSPS) is 13.6. The first-order valence-electron chi connectivity index (χ1n) is 9.29. The number of aromatic nitrogens is 4. The summed E-state index contributed by atoms with van der Waals surface area (Å²) < 4.78 is 6.61. The Hall–Kier alpha value is -3.75. The van der Waals surface area contributed by atoms with E-state index in [0.717, 1.165) is 5.82 Å². The number of nitrogens with zero attached hydrogens (tertiary/aromatic N) is 5. The number of rotatable bonds is 6. The van der Waals surface area contributed by atoms with Crippen molar-refractivity contribution in [2.24, 2.45) is 5.92 Å². The standard InChI is InChI=1S/C20H20N6O3/c1-2-29-20(28)14-4-6-16(7-5-14)24-19(27)15-11-25(12-15)17-10-18(22-13-21-17)26-9-3-8-23-26/h3-10,13,15H,2,11-12H2,1H3,(H,24,27). The Balaban J connectivity index is 1.32. The molecule has 1 amide bonds. The van der Waals surface area contributed by atoms with Crippen molar-refractivity contribution < 1.29 is 14.3 Å². The van der Waals surface area contributed by atoms with E-state index >= 15 is 0 Å². The molecule has 3 aromatic rings. The summed E-state index contributed by atoms with van der Waals surface area (Å²) in [5.41, 5.74) is 1.10. The summed E-state index contributed by atoms with van der Waals surface area (Å²) in [6.07, 6.45) is 4.99. The molecule has 0 spiro atoms. The van der Waals surface area contributed by atoms with Crippen LogP contribution in [0, 0.1) is 5.92 Å². The zero-order chi connectivity index (χ0) is 20.2. The van der Waals surface area contributed by atoms with Gasteiger partial charge in [-0.3, -0.25) is 4.79 Å². The Bertz CT molecular complexity index is 997. The third-order valence-electron chi connectivity index (χ3n) is 4.62. The third-order valence-corrected chi connectivity index (χ3v) is 4.62. The quantitative estimate of drug-likeness (QED) is 0.639. The number of esters is 1. The summed E-state index contributed by atoms with van der Waals surface area (Å²) in [7, 11) is 0. The fourth-order valence-electron chi connectivity index (χ4n) is 3.02. The van der Waals surface area contributed by atoms with Crippen LogP contribution in [0.2, 0.25) is 0 Å². The molecule has 1 fully saturated rings. The molecule has 1 aliphatic rings. The van der Waals surface area contributed by atoms with Crippen LogP contribution in [-0.2, 0) is 9.53 Å². The number of anilines is 2. The molecule has 1 saturated heterocycles. The summed E-state index contributed by atoms with van der Waals surface area (Å²) in [5.74, 6) is 0.858. The highest BCUT2D eigenvalue weighted by Gasteiger charge is 2.33. The van der Waals surface area contributed by atoms with E-state index in [1.54, 1.807) is 42.1 Å². The van der Waals surface area contributed by atoms with Gasteiger partial charge in [0.05, 0.1) is 18.1 Å². The summed E-state index contributed by atoms with van der Waals surface area (Å²) >= 11 is 0. The van der Waals surface area contributed by atoms with E-state index in [2.05, 4.69) is 20.4 Å². The summed E-state index contributed by atoms with van der Waals surface area (Å²) in [5, 5.41) is 7.05. The first-order valence-corrected chi connectivity index (χ1v) is 9.29. The van der Waals surface area contributed by atoms with Gasteiger partial charge in [0.1, 0.15) is 12.1 Å². The molecule has 148 valence electrons. The van der Waals surface area contributed by atoms with Crippen molar-refractivity contribution in [2.75, 3.05) is 29.9 Å². The minimum absolute atomic E-state index is 0.0634. The highest BCUT2D eigenvalue weighted by atomic mass is 16.5. The monoisotopic (exact) mass is 392 g/mol. The molecule has 0 unspecified atom stereocenters. The van der Waals surface area contributed by atoms with Crippen LogP contribution >= 0.6 is 0 Å². The highest BCUT2D eigenvalue weighted by Crippen LogP contribution is 2.24. The minimum atomic E-state index is -0.376. The van der Waals surface area contributed by atoms with Crippen LogP contribution in [-0.4, -0.2) is 51.3 Å². The van der Waals surface area contributed by atoms with Gasteiger partial charge in [0.2, 0.25) is 5.91 Å². The summed E-state index contributed by atoms with van der Waals surface area (Å²) in [4.78, 5) is 34.7. The Kier molecular flexibility index (Phi) is 5.19. The van der Waals surface area contributed by atoms with Gasteiger partial charge >= 0.3 is 5.97 Å². The fourth-order valence-corrected chi connectivity index (χ4v) is 3.02. The van der Waals surface area contributed by atoms with Gasteiger partial charge in [-0.25, -0.2) is 19.4 Å². The molecule has 0 atom stereocenters. The predicted molar refractivity (Wildman–Crippen MR) is 106 cm³/mol. The van der Waals surface area contributed by atoms with Crippen molar-refractivity contribution >= 4 is 23.4 Å². The zero-order valence-electron chi connectivity index (χ0n) is 15.9. The van der Waals surface area contributed by atoms with Crippen LogP contribution in [0.15, 0.2) is 55.1 Å². The lowest BCUT2D eigenvalue weighted by Gasteiger charge is -2.39. The molecule has 9 nitrogen and oxygen atoms in total. The van der Waals surface area contributed by atoms with E-state index in [-0.39, 0.29) is 17.8 Å². The van der Waals surface area contributed by atoms with Crippen molar-refractivity contribution in [3.63, 3.8) is 0 Å². The molecule has 9 heteroatoms. The predicted octanol–water partition coefficient (Wildman–Crippen LogP) is 1.91. The van der Waals surface area contributed by atoms with Crippen molar-refractivity contribution in [1.29, 1.82) is 0 Å². The number of hydrogen-bond donors (Lipinski definition) is 1. The smallest absolute Gasteiger partial charge is 0.338 e. The van der Waals surface area contributed by atoms with Gasteiger partial charge in [-0.15, -0.1) is 0 Å². The lowest BCUT2D eigenvalue weighted by molar-refractivity contribution is -0.120. The third kappa shape index (κ3) is 4.08. The number of hydrogen-bond acceptors (Lipinski definition) is 7. The van der Waals surface area contributed by atoms with Gasteiger partial charge in [0.25, 0.3) is 0 Å². The van der Waals surface area contributed by atoms with E-state index in [4.69, 9.17) is 4.74 Å². The van der Waals surface area contributed by atoms with Crippen LogP contribution in [0.4, 0.5) is 11.5 Å². The number of nitrogens with one attached hydrogen (secondary N) is 1. The van der Waals surface area contributed by atoms with Crippen molar-refractivity contribution in [2.45, 2.75) is 6.92 Å². The van der Waals surface area contributed by atoms with Gasteiger partial charge in [-0.1, -0.05) is 0 Å². The number of carbonyl (C=O) groups excluding carboxylic acids is 2. The molecule has 0 bridgehead atoms. The average molecular weight is 392 g/mol. The molecule has 1 N–H and O–H groups in total. The maximum Gasteiger partial charge on any atom is 0.338 e. The van der Waals surface area contributed by atoms with Gasteiger partial charge in [-0.05, 0) is 37.3 Å². The second-order valence-corrected chi connectivity index (χ2v) is 6.57. The van der Waals surface area contributed by atoms with Crippen LogP contribution in [0.1, 0.15) is 17.3 Å². The number of ether oxygens (including phenoxy) is 1. The van der Waals surface area contributed by atoms with E-state index in [0.29, 0.717) is 36.8 Å². The van der Waals surface area contributed by atoms with Crippen molar-refractivity contribution in [3.05, 3.63) is 60.7 Å². The molecule has 0 aliphatic carbocycles. The van der Waals surface area contributed by atoms with E-state index < -0.39 is 0 Å². The van der Waals surface area contributed by atoms with Crippen molar-refractivity contribution in [3.8, 4) is 5.82 Å². The summed E-state index contributed by atoms with van der Waals surface area (Å²) in [6.45, 7) is 3.23. The van der Waals surface area contributed by atoms with Crippen LogP contribution in [0.5, 0.6) is 0 Å². The Morgan fingerprint density at radius 3 is 2.62 bits per heavy atom. The molecular weight excluding hydrogens is 372 g/mol. The first-order chi connectivity index (χ1) is 14.1. The molecule has 4 rings (SSSR count). The first kappa shape index (κ1) is 18.6. The van der Waals surface area contributed by atoms with E-state index in [9.17, 15) is 9.59 Å². The zero-order valence-corrected chi connectivity index (χ0v) is 15.9. The number of carbonyl (C=O) groups is 2. The molecule has 3 heterocycles. The van der Waals surface area contributed by atoms with Crippen LogP contribution in [0.25, 0.3) is 5.82 Å². The lowest BCUT2D eigenvalue weighted by Crippen LogP contribution is -2.52. The minimum Gasteiger partial charge on any atom is -0.462 e. The maximum atomic E-state index is 12.5. The summed E-state index contributed by atoms with van der Waals surface area (Å²) in [6, 6.07) is 10.3. The van der Waals surface area contributed by atoms with Gasteiger partial charge < -0.3 is 15.0 Å². The molecule has 1 aliphatic heterocycles. The second-order valence-electron chi connectivity index (χ2n) is 6.57. The Morgan fingerprint density at radius 2 is 1.93 bits per heavy atom. The Labute approximate surface area is 167 Å². The molecule has 0 saturated carbocycles. The van der Waals surface area contributed by atoms with Crippen LogP contribution in [0.3, 0.4) is 0 Å². The molecule has 0 radical (unpaired) electrons. The highest BCUT2D eigenvalue weighted by molar-refractivity contribution is 5.95. The molecular formula is C20H20N6O3. The van der Waals surface area contributed by atoms with Gasteiger partial charge in [-0.2, -0.15) is 5.10 Å². The number of benzene rings is 1. The fraction of sp³-hybridized carbons (Fsp3) is 0.250.